The average Bonchev–Trinajstić information content (AvgIpc) is 2.71. The van der Waals surface area contributed by atoms with E-state index in [0.29, 0.717) is 22.7 Å². The minimum Gasteiger partial charge on any atom is -0.497 e. The number of esters is 1. The molecule has 0 saturated carbocycles. The van der Waals surface area contributed by atoms with Gasteiger partial charge in [-0.2, -0.15) is 0 Å². The van der Waals surface area contributed by atoms with Crippen LogP contribution >= 0.6 is 0 Å². The highest BCUT2D eigenvalue weighted by atomic mass is 32.2. The second-order valence-electron chi connectivity index (χ2n) is 6.24. The Morgan fingerprint density at radius 2 is 1.62 bits per heavy atom. The Kier molecular flexibility index (Phi) is 7.22. The molecule has 2 rings (SSSR count). The lowest BCUT2D eigenvalue weighted by atomic mass is 10.1. The SMILES string of the molecule is CCC(C(=O)Nc1ccc(C(=O)OC)cc1)N(c1ccc(OC)cc1)S(C)(=O)=O. The Morgan fingerprint density at radius 3 is 2.07 bits per heavy atom. The van der Waals surface area contributed by atoms with Crippen molar-refractivity contribution in [2.75, 3.05) is 30.1 Å². The first kappa shape index (κ1) is 22.2. The highest BCUT2D eigenvalue weighted by Gasteiger charge is 2.31. The first-order valence-corrected chi connectivity index (χ1v) is 10.7. The molecule has 0 aliphatic carbocycles. The molecule has 0 saturated heterocycles. The number of rotatable bonds is 8. The van der Waals surface area contributed by atoms with Crippen LogP contribution in [0.15, 0.2) is 48.5 Å². The Morgan fingerprint density at radius 1 is 1.03 bits per heavy atom. The van der Waals surface area contributed by atoms with Gasteiger partial charge in [0.1, 0.15) is 11.8 Å². The second-order valence-corrected chi connectivity index (χ2v) is 8.10. The average molecular weight is 420 g/mol. The largest absolute Gasteiger partial charge is 0.497 e. The lowest BCUT2D eigenvalue weighted by Gasteiger charge is -2.30. The minimum atomic E-state index is -3.74. The van der Waals surface area contributed by atoms with Crippen molar-refractivity contribution >= 4 is 33.3 Å². The summed E-state index contributed by atoms with van der Waals surface area (Å²) in [6, 6.07) is 11.6. The van der Waals surface area contributed by atoms with Gasteiger partial charge in [-0.25, -0.2) is 13.2 Å². The molecule has 0 aliphatic heterocycles. The van der Waals surface area contributed by atoms with Crippen molar-refractivity contribution in [3.63, 3.8) is 0 Å². The molecule has 0 aromatic heterocycles. The predicted molar refractivity (Wildman–Crippen MR) is 111 cm³/mol. The number of carbonyl (C=O) groups is 2. The Bertz CT molecular complexity index is 955. The highest BCUT2D eigenvalue weighted by molar-refractivity contribution is 7.92. The van der Waals surface area contributed by atoms with E-state index in [4.69, 9.17) is 4.74 Å². The van der Waals surface area contributed by atoms with Crippen LogP contribution in [0.4, 0.5) is 11.4 Å². The molecule has 0 aliphatic rings. The molecule has 1 N–H and O–H groups in total. The van der Waals surface area contributed by atoms with Crippen molar-refractivity contribution in [3.8, 4) is 5.75 Å². The fourth-order valence-corrected chi connectivity index (χ4v) is 4.03. The summed E-state index contributed by atoms with van der Waals surface area (Å²) < 4.78 is 35.7. The molecule has 2 aromatic carbocycles. The molecule has 1 unspecified atom stereocenters. The second kappa shape index (κ2) is 9.42. The molecule has 8 nitrogen and oxygen atoms in total. The maximum Gasteiger partial charge on any atom is 0.337 e. The van der Waals surface area contributed by atoms with Crippen molar-refractivity contribution in [1.29, 1.82) is 0 Å². The maximum absolute atomic E-state index is 12.9. The van der Waals surface area contributed by atoms with E-state index in [1.165, 1.54) is 26.4 Å². The summed E-state index contributed by atoms with van der Waals surface area (Å²) in [4.78, 5) is 24.4. The normalized spacial score (nSPS) is 12.0. The zero-order valence-electron chi connectivity index (χ0n) is 16.7. The van der Waals surface area contributed by atoms with Crippen molar-refractivity contribution < 1.29 is 27.5 Å². The first-order valence-electron chi connectivity index (χ1n) is 8.84. The van der Waals surface area contributed by atoms with Gasteiger partial charge in [0.25, 0.3) is 0 Å². The van der Waals surface area contributed by atoms with Gasteiger partial charge in [-0.1, -0.05) is 6.92 Å². The third-order valence-corrected chi connectivity index (χ3v) is 5.41. The number of ether oxygens (including phenoxy) is 2. The summed E-state index contributed by atoms with van der Waals surface area (Å²) in [7, 11) is -0.945. The highest BCUT2D eigenvalue weighted by Crippen LogP contribution is 2.25. The molecule has 2 aromatic rings. The van der Waals surface area contributed by atoms with E-state index in [1.807, 2.05) is 0 Å². The summed E-state index contributed by atoms with van der Waals surface area (Å²) in [6.07, 6.45) is 1.31. The Balaban J connectivity index is 2.29. The van der Waals surface area contributed by atoms with Gasteiger partial charge >= 0.3 is 5.97 Å². The van der Waals surface area contributed by atoms with Gasteiger partial charge < -0.3 is 14.8 Å². The standard InChI is InChI=1S/C20H24N2O6S/c1-5-18(19(23)21-15-8-6-14(7-9-15)20(24)28-3)22(29(4,25)26)16-10-12-17(27-2)13-11-16/h6-13,18H,5H2,1-4H3,(H,21,23). The molecule has 0 bridgehead atoms. The van der Waals surface area contributed by atoms with Gasteiger partial charge in [0.15, 0.2) is 0 Å². The van der Waals surface area contributed by atoms with Crippen LogP contribution in [0.1, 0.15) is 23.7 Å². The quantitative estimate of drug-likeness (QED) is 0.659. The van der Waals surface area contributed by atoms with Crippen LogP contribution in [0.5, 0.6) is 5.75 Å². The number of methoxy groups -OCH3 is 2. The van der Waals surface area contributed by atoms with E-state index in [0.717, 1.165) is 10.6 Å². The Labute approximate surface area is 170 Å². The number of benzene rings is 2. The number of carbonyl (C=O) groups excluding carboxylic acids is 2. The summed E-state index contributed by atoms with van der Waals surface area (Å²) in [5.41, 5.74) is 1.13. The third-order valence-electron chi connectivity index (χ3n) is 4.23. The Hall–Kier alpha value is -3.07. The summed E-state index contributed by atoms with van der Waals surface area (Å²) in [5.74, 6) is -0.401. The lowest BCUT2D eigenvalue weighted by Crippen LogP contribution is -2.47. The molecule has 0 radical (unpaired) electrons. The van der Waals surface area contributed by atoms with Gasteiger partial charge in [0, 0.05) is 5.69 Å². The van der Waals surface area contributed by atoms with E-state index in [1.54, 1.807) is 43.3 Å². The van der Waals surface area contributed by atoms with Crippen molar-refractivity contribution in [2.45, 2.75) is 19.4 Å². The van der Waals surface area contributed by atoms with E-state index < -0.39 is 27.9 Å². The number of sulfonamides is 1. The van der Waals surface area contributed by atoms with Crippen LogP contribution in [-0.4, -0.2) is 46.8 Å². The number of nitrogens with zero attached hydrogens (tertiary/aromatic N) is 1. The van der Waals surface area contributed by atoms with Crippen LogP contribution in [0.3, 0.4) is 0 Å². The maximum atomic E-state index is 12.9. The molecular formula is C20H24N2O6S. The molecule has 1 atom stereocenters. The molecule has 156 valence electrons. The first-order chi connectivity index (χ1) is 13.7. The van der Waals surface area contributed by atoms with Crippen molar-refractivity contribution in [3.05, 3.63) is 54.1 Å². The van der Waals surface area contributed by atoms with E-state index >= 15 is 0 Å². The molecule has 29 heavy (non-hydrogen) atoms. The molecule has 1 amide bonds. The van der Waals surface area contributed by atoms with Gasteiger partial charge in [0.05, 0.1) is 31.7 Å². The fourth-order valence-electron chi connectivity index (χ4n) is 2.82. The van der Waals surface area contributed by atoms with E-state index in [-0.39, 0.29) is 6.42 Å². The van der Waals surface area contributed by atoms with Gasteiger partial charge in [-0.05, 0) is 55.0 Å². The predicted octanol–water partition coefficient (Wildman–Crippen LogP) is 2.67. The fraction of sp³-hybridized carbons (Fsp3) is 0.300. The van der Waals surface area contributed by atoms with Crippen molar-refractivity contribution in [2.24, 2.45) is 0 Å². The van der Waals surface area contributed by atoms with E-state index in [9.17, 15) is 18.0 Å². The van der Waals surface area contributed by atoms with Crippen molar-refractivity contribution in [1.82, 2.24) is 0 Å². The monoisotopic (exact) mass is 420 g/mol. The van der Waals surface area contributed by atoms with Crippen LogP contribution in [0, 0.1) is 0 Å². The topological polar surface area (TPSA) is 102 Å². The lowest BCUT2D eigenvalue weighted by molar-refractivity contribution is -0.117. The van der Waals surface area contributed by atoms with Gasteiger partial charge in [-0.15, -0.1) is 0 Å². The third kappa shape index (κ3) is 5.47. The summed E-state index contributed by atoms with van der Waals surface area (Å²) in [5, 5.41) is 2.70. The number of anilines is 2. The number of hydrogen-bond acceptors (Lipinski definition) is 6. The zero-order chi connectivity index (χ0) is 21.6. The van der Waals surface area contributed by atoms with Crippen LogP contribution in [-0.2, 0) is 19.6 Å². The number of nitrogens with one attached hydrogen (secondary N) is 1. The van der Waals surface area contributed by atoms with E-state index in [2.05, 4.69) is 10.1 Å². The van der Waals surface area contributed by atoms with Crippen LogP contribution in [0.25, 0.3) is 0 Å². The van der Waals surface area contributed by atoms with Crippen LogP contribution < -0.4 is 14.4 Å². The van der Waals surface area contributed by atoms with Gasteiger partial charge in [0.2, 0.25) is 15.9 Å². The summed E-state index contributed by atoms with van der Waals surface area (Å²) in [6.45, 7) is 1.73. The minimum absolute atomic E-state index is 0.255. The molecular weight excluding hydrogens is 396 g/mol. The molecule has 0 heterocycles. The molecule has 0 spiro atoms. The zero-order valence-corrected chi connectivity index (χ0v) is 17.5. The molecule has 0 fully saturated rings. The molecule has 9 heteroatoms. The smallest absolute Gasteiger partial charge is 0.337 e. The van der Waals surface area contributed by atoms with Crippen LogP contribution in [0.2, 0.25) is 0 Å². The summed E-state index contributed by atoms with van der Waals surface area (Å²) >= 11 is 0. The van der Waals surface area contributed by atoms with Gasteiger partial charge in [-0.3, -0.25) is 9.10 Å². The number of hydrogen-bond donors (Lipinski definition) is 1. The number of amides is 1.